The predicted octanol–water partition coefficient (Wildman–Crippen LogP) is 5.96. The van der Waals surface area contributed by atoms with E-state index in [1.807, 2.05) is 12.1 Å². The van der Waals surface area contributed by atoms with Crippen LogP contribution in [0.5, 0.6) is 0 Å². The van der Waals surface area contributed by atoms with E-state index in [0.717, 1.165) is 13.1 Å². The maximum Gasteiger partial charge on any atom is 0.338 e. The van der Waals surface area contributed by atoms with Crippen LogP contribution in [0.1, 0.15) is 34.8 Å². The molecule has 4 rings (SSSR count). The fourth-order valence-corrected chi connectivity index (χ4v) is 3.90. The summed E-state index contributed by atoms with van der Waals surface area (Å²) in [5.74, 6) is -6.07. The highest BCUT2D eigenvalue weighted by atomic mass is 19.2. The molecular formula is C27H28F4N2O2. The molecule has 0 saturated carbocycles. The van der Waals surface area contributed by atoms with Crippen molar-refractivity contribution in [1.82, 2.24) is 5.32 Å². The van der Waals surface area contributed by atoms with E-state index >= 15 is 0 Å². The number of anilines is 1. The van der Waals surface area contributed by atoms with Crippen LogP contribution in [0.4, 0.5) is 23.2 Å². The average Bonchev–Trinajstić information content (AvgIpc) is 3.25. The van der Waals surface area contributed by atoms with Crippen molar-refractivity contribution in [3.8, 4) is 0 Å². The molecular weight excluding hydrogens is 460 g/mol. The average molecular weight is 489 g/mol. The van der Waals surface area contributed by atoms with Crippen LogP contribution in [0.15, 0.2) is 66.7 Å². The van der Waals surface area contributed by atoms with E-state index in [4.69, 9.17) is 5.11 Å². The molecule has 0 bridgehead atoms. The number of carboxylic acids is 1. The lowest BCUT2D eigenvalue weighted by Gasteiger charge is -2.23. The standard InChI is InChI=1S/C14H15N.C13H13F4NO2/c1-3-7-13(8-4-1)11-15-12-14-9-5-2-6-10-14;1-13(5-14)2-3-18(6-13)11-8(15)4-7(12(19)20)9(16)10(11)17/h1-10,15H,11-12H2;4H,2-3,5-6H2,1H3,(H,19,20). The third-order valence-electron chi connectivity index (χ3n) is 5.91. The molecule has 0 radical (unpaired) electrons. The quantitative estimate of drug-likeness (QED) is 0.318. The zero-order valence-electron chi connectivity index (χ0n) is 19.4. The van der Waals surface area contributed by atoms with Crippen LogP contribution in [0, 0.1) is 22.9 Å². The Morgan fingerprint density at radius 1 is 0.971 bits per heavy atom. The summed E-state index contributed by atoms with van der Waals surface area (Å²) in [6.45, 7) is 3.06. The number of halogens is 4. The molecule has 186 valence electrons. The molecule has 1 saturated heterocycles. The largest absolute Gasteiger partial charge is 0.478 e. The third kappa shape index (κ3) is 6.82. The summed E-state index contributed by atoms with van der Waals surface area (Å²) >= 11 is 0. The van der Waals surface area contributed by atoms with Gasteiger partial charge in [0, 0.05) is 31.6 Å². The molecule has 0 spiro atoms. The lowest BCUT2D eigenvalue weighted by atomic mass is 9.92. The van der Waals surface area contributed by atoms with Gasteiger partial charge in [-0.05, 0) is 23.6 Å². The summed E-state index contributed by atoms with van der Waals surface area (Å²) in [6, 6.07) is 21.4. The molecule has 2 N–H and O–H groups in total. The van der Waals surface area contributed by atoms with Crippen molar-refractivity contribution < 1.29 is 27.5 Å². The van der Waals surface area contributed by atoms with Gasteiger partial charge >= 0.3 is 5.97 Å². The van der Waals surface area contributed by atoms with Gasteiger partial charge in [0.15, 0.2) is 17.5 Å². The number of benzene rings is 3. The highest BCUT2D eigenvalue weighted by Gasteiger charge is 2.37. The van der Waals surface area contributed by atoms with Crippen molar-refractivity contribution in [2.75, 3.05) is 24.7 Å². The van der Waals surface area contributed by atoms with E-state index in [-0.39, 0.29) is 13.1 Å². The molecule has 1 heterocycles. The maximum absolute atomic E-state index is 13.9. The molecule has 4 nitrogen and oxygen atoms in total. The van der Waals surface area contributed by atoms with Gasteiger partial charge in [-0.25, -0.2) is 18.0 Å². The molecule has 1 fully saturated rings. The van der Waals surface area contributed by atoms with Crippen LogP contribution in [0.2, 0.25) is 0 Å². The molecule has 1 aliphatic rings. The fourth-order valence-electron chi connectivity index (χ4n) is 3.90. The number of hydrogen-bond acceptors (Lipinski definition) is 3. The molecule has 35 heavy (non-hydrogen) atoms. The molecule has 1 atom stereocenters. The maximum atomic E-state index is 13.9. The Labute approximate surface area is 202 Å². The molecule has 0 aromatic heterocycles. The second-order valence-electron chi connectivity index (χ2n) is 8.88. The second-order valence-corrected chi connectivity index (χ2v) is 8.88. The van der Waals surface area contributed by atoms with Crippen LogP contribution in [0.25, 0.3) is 0 Å². The van der Waals surface area contributed by atoms with Gasteiger partial charge in [0.1, 0.15) is 11.3 Å². The van der Waals surface area contributed by atoms with E-state index in [1.54, 1.807) is 6.92 Å². The molecule has 8 heteroatoms. The Morgan fingerprint density at radius 3 is 1.97 bits per heavy atom. The minimum absolute atomic E-state index is 0.0448. The Bertz CT molecular complexity index is 1090. The van der Waals surface area contributed by atoms with Crippen molar-refractivity contribution in [3.05, 3.63) is 101 Å². The summed E-state index contributed by atoms with van der Waals surface area (Å²) in [5.41, 5.74) is 0.226. The summed E-state index contributed by atoms with van der Waals surface area (Å²) in [4.78, 5) is 11.9. The Balaban J connectivity index is 0.000000203. The van der Waals surface area contributed by atoms with Gasteiger partial charge in [0.25, 0.3) is 0 Å². The first kappa shape index (κ1) is 26.2. The van der Waals surface area contributed by atoms with Crippen LogP contribution in [0.3, 0.4) is 0 Å². The van der Waals surface area contributed by atoms with E-state index in [0.29, 0.717) is 12.5 Å². The van der Waals surface area contributed by atoms with Crippen LogP contribution in [-0.4, -0.2) is 30.8 Å². The molecule has 3 aromatic carbocycles. The van der Waals surface area contributed by atoms with Crippen molar-refractivity contribution in [2.24, 2.45) is 5.41 Å². The highest BCUT2D eigenvalue weighted by Crippen LogP contribution is 2.37. The van der Waals surface area contributed by atoms with Gasteiger partial charge in [-0.2, -0.15) is 0 Å². The van der Waals surface area contributed by atoms with E-state index in [2.05, 4.69) is 53.8 Å². The summed E-state index contributed by atoms with van der Waals surface area (Å²) in [5, 5.41) is 12.1. The zero-order valence-corrected chi connectivity index (χ0v) is 19.4. The first-order valence-electron chi connectivity index (χ1n) is 11.2. The van der Waals surface area contributed by atoms with Crippen LogP contribution in [-0.2, 0) is 13.1 Å². The van der Waals surface area contributed by atoms with Gasteiger partial charge in [-0.1, -0.05) is 67.6 Å². The normalized spacial score (nSPS) is 17.1. The highest BCUT2D eigenvalue weighted by molar-refractivity contribution is 5.88. The Hall–Kier alpha value is -3.39. The Morgan fingerprint density at radius 2 is 1.51 bits per heavy atom. The fraction of sp³-hybridized carbons (Fsp3) is 0.296. The first-order valence-corrected chi connectivity index (χ1v) is 11.2. The molecule has 1 aliphatic heterocycles. The van der Waals surface area contributed by atoms with Crippen LogP contribution < -0.4 is 10.2 Å². The molecule has 0 aliphatic carbocycles. The summed E-state index contributed by atoms with van der Waals surface area (Å²) < 4.78 is 54.2. The molecule has 0 amide bonds. The number of nitrogens with one attached hydrogen (secondary N) is 1. The summed E-state index contributed by atoms with van der Waals surface area (Å²) in [6.07, 6.45) is 0.380. The molecule has 1 unspecified atom stereocenters. The van der Waals surface area contributed by atoms with Crippen molar-refractivity contribution in [3.63, 3.8) is 0 Å². The van der Waals surface area contributed by atoms with Gasteiger partial charge in [-0.15, -0.1) is 0 Å². The Kier molecular flexibility index (Phi) is 8.87. The number of nitrogens with zero attached hydrogens (tertiary/aromatic N) is 1. The van der Waals surface area contributed by atoms with Crippen molar-refractivity contribution >= 4 is 11.7 Å². The first-order chi connectivity index (χ1) is 16.7. The zero-order chi connectivity index (χ0) is 25.4. The minimum Gasteiger partial charge on any atom is -0.478 e. The number of carboxylic acid groups (broad SMARTS) is 1. The lowest BCUT2D eigenvalue weighted by Crippen LogP contribution is -2.28. The number of hydrogen-bond donors (Lipinski definition) is 2. The lowest BCUT2D eigenvalue weighted by molar-refractivity contribution is 0.0690. The number of rotatable bonds is 7. The smallest absolute Gasteiger partial charge is 0.338 e. The van der Waals surface area contributed by atoms with Crippen molar-refractivity contribution in [2.45, 2.75) is 26.4 Å². The predicted molar refractivity (Wildman–Crippen MR) is 128 cm³/mol. The van der Waals surface area contributed by atoms with E-state index < -0.39 is 46.8 Å². The van der Waals surface area contributed by atoms with Gasteiger partial charge in [0.2, 0.25) is 0 Å². The molecule has 3 aromatic rings. The number of alkyl halides is 1. The van der Waals surface area contributed by atoms with Gasteiger partial charge < -0.3 is 15.3 Å². The topological polar surface area (TPSA) is 52.6 Å². The number of aromatic carboxylic acids is 1. The minimum atomic E-state index is -1.75. The monoisotopic (exact) mass is 488 g/mol. The van der Waals surface area contributed by atoms with Gasteiger partial charge in [-0.3, -0.25) is 4.39 Å². The van der Waals surface area contributed by atoms with Crippen LogP contribution >= 0.6 is 0 Å². The second kappa shape index (κ2) is 11.8. The van der Waals surface area contributed by atoms with E-state index in [9.17, 15) is 22.4 Å². The van der Waals surface area contributed by atoms with Crippen molar-refractivity contribution in [1.29, 1.82) is 0 Å². The number of carbonyl (C=O) groups is 1. The summed E-state index contributed by atoms with van der Waals surface area (Å²) in [7, 11) is 0. The van der Waals surface area contributed by atoms with Gasteiger partial charge in [0.05, 0.1) is 6.67 Å². The SMILES string of the molecule is CC1(CF)CCN(c2c(F)cc(C(=O)O)c(F)c2F)C1.c1ccc(CNCc2ccccc2)cc1. The third-order valence-corrected chi connectivity index (χ3v) is 5.91. The van der Waals surface area contributed by atoms with E-state index in [1.165, 1.54) is 16.0 Å².